The Hall–Kier alpha value is -3.15. The zero-order valence-corrected chi connectivity index (χ0v) is 16.7. The maximum atomic E-state index is 12.9. The van der Waals surface area contributed by atoms with E-state index in [0.717, 1.165) is 35.3 Å². The molecule has 0 radical (unpaired) electrons. The number of carbonyl (C=O) groups excluding carboxylic acids is 3. The maximum Gasteiger partial charge on any atom is 0.332 e. The highest BCUT2D eigenvalue weighted by molar-refractivity contribution is 6.15. The van der Waals surface area contributed by atoms with Gasteiger partial charge in [0.1, 0.15) is 12.6 Å². The second-order valence-electron chi connectivity index (χ2n) is 7.80. The van der Waals surface area contributed by atoms with Crippen LogP contribution in [-0.2, 0) is 16.0 Å². The van der Waals surface area contributed by atoms with Gasteiger partial charge in [0.2, 0.25) is 5.91 Å². The molecule has 1 heterocycles. The molecule has 2 aliphatic rings. The summed E-state index contributed by atoms with van der Waals surface area (Å²) < 4.78 is 0. The van der Waals surface area contributed by atoms with Gasteiger partial charge in [-0.3, -0.25) is 19.4 Å². The lowest BCUT2D eigenvalue weighted by atomic mass is 9.88. The topological polar surface area (TPSA) is 69.7 Å². The van der Waals surface area contributed by atoms with Crippen molar-refractivity contribution in [3.63, 3.8) is 0 Å². The quantitative estimate of drug-likeness (QED) is 0.813. The van der Waals surface area contributed by atoms with Crippen molar-refractivity contribution in [2.75, 3.05) is 11.4 Å². The van der Waals surface area contributed by atoms with Crippen LogP contribution in [0.4, 0.5) is 10.5 Å². The number of benzene rings is 2. The van der Waals surface area contributed by atoms with E-state index in [1.807, 2.05) is 49.4 Å². The minimum Gasteiger partial charge on any atom is -0.348 e. The number of imide groups is 1. The first-order valence-corrected chi connectivity index (χ1v) is 10.0. The van der Waals surface area contributed by atoms with Crippen LogP contribution >= 0.6 is 0 Å². The highest BCUT2D eigenvalue weighted by atomic mass is 16.2. The summed E-state index contributed by atoms with van der Waals surface area (Å²) in [6, 6.07) is 14.4. The molecule has 1 fully saturated rings. The minimum absolute atomic E-state index is 0.0779. The number of hydrogen-bond acceptors (Lipinski definition) is 3. The van der Waals surface area contributed by atoms with Crippen molar-refractivity contribution < 1.29 is 14.4 Å². The second-order valence-corrected chi connectivity index (χ2v) is 7.80. The van der Waals surface area contributed by atoms with Gasteiger partial charge in [-0.25, -0.2) is 4.79 Å². The summed E-state index contributed by atoms with van der Waals surface area (Å²) in [4.78, 5) is 40.8. The predicted octanol–water partition coefficient (Wildman–Crippen LogP) is 3.35. The van der Waals surface area contributed by atoms with E-state index in [1.165, 1.54) is 10.5 Å². The molecule has 4 rings (SSSR count). The number of nitrogens with one attached hydrogen (secondary N) is 1. The third-order valence-corrected chi connectivity index (χ3v) is 5.77. The molecule has 2 atom stereocenters. The number of nitrogens with zero attached hydrogens (tertiary/aromatic N) is 2. The molecule has 6 nitrogen and oxygen atoms in total. The van der Waals surface area contributed by atoms with Gasteiger partial charge >= 0.3 is 6.03 Å². The third kappa shape index (κ3) is 3.62. The molecular formula is C23H25N3O3. The molecule has 6 heteroatoms. The molecule has 0 unspecified atom stereocenters. The average molecular weight is 391 g/mol. The number of carbonyl (C=O) groups is 3. The van der Waals surface area contributed by atoms with Crippen LogP contribution < -0.4 is 10.2 Å². The van der Waals surface area contributed by atoms with Crippen molar-refractivity contribution >= 4 is 23.5 Å². The fourth-order valence-corrected chi connectivity index (χ4v) is 4.20. The van der Waals surface area contributed by atoms with Crippen LogP contribution in [0.1, 0.15) is 42.5 Å². The largest absolute Gasteiger partial charge is 0.348 e. The Balaban J connectivity index is 1.47. The van der Waals surface area contributed by atoms with E-state index in [-0.39, 0.29) is 24.4 Å². The molecule has 29 heavy (non-hydrogen) atoms. The van der Waals surface area contributed by atoms with E-state index >= 15 is 0 Å². The molecule has 0 aromatic heterocycles. The van der Waals surface area contributed by atoms with E-state index in [9.17, 15) is 14.4 Å². The van der Waals surface area contributed by atoms with E-state index in [0.29, 0.717) is 5.69 Å². The first kappa shape index (κ1) is 19.2. The van der Waals surface area contributed by atoms with Gasteiger partial charge in [-0.05, 0) is 56.4 Å². The summed E-state index contributed by atoms with van der Waals surface area (Å²) in [5.41, 5.74) is 4.10. The first-order valence-electron chi connectivity index (χ1n) is 10.0. The Bertz CT molecular complexity index is 954. The van der Waals surface area contributed by atoms with Crippen molar-refractivity contribution in [3.05, 3.63) is 65.2 Å². The predicted molar refractivity (Wildman–Crippen MR) is 110 cm³/mol. The molecule has 150 valence electrons. The number of amides is 4. The SMILES string of the molecule is Cc1ccc(N2C(=O)N(CC(=O)N[C@H]3CCCc4ccccc43)C(=O)[C@@H]2C)cc1. The van der Waals surface area contributed by atoms with Crippen LogP contribution in [0.3, 0.4) is 0 Å². The van der Waals surface area contributed by atoms with Crippen LogP contribution in [0, 0.1) is 6.92 Å². The van der Waals surface area contributed by atoms with Gasteiger partial charge in [0, 0.05) is 5.69 Å². The normalized spacial score (nSPS) is 21.3. The second kappa shape index (κ2) is 7.70. The van der Waals surface area contributed by atoms with Crippen molar-refractivity contribution in [1.82, 2.24) is 10.2 Å². The van der Waals surface area contributed by atoms with Crippen LogP contribution in [0.25, 0.3) is 0 Å². The lowest BCUT2D eigenvalue weighted by Crippen LogP contribution is -2.43. The number of fused-ring (bicyclic) bond motifs is 1. The van der Waals surface area contributed by atoms with Gasteiger partial charge in [-0.15, -0.1) is 0 Å². The molecule has 1 N–H and O–H groups in total. The molecule has 0 bridgehead atoms. The Morgan fingerprint density at radius 3 is 2.59 bits per heavy atom. The monoisotopic (exact) mass is 391 g/mol. The molecule has 1 saturated heterocycles. The minimum atomic E-state index is -0.631. The Labute approximate surface area is 170 Å². The first-order chi connectivity index (χ1) is 14.0. The zero-order valence-electron chi connectivity index (χ0n) is 16.7. The smallest absolute Gasteiger partial charge is 0.332 e. The number of urea groups is 1. The standard InChI is InChI=1S/C23H25N3O3/c1-15-10-12-18(13-11-15)26-16(2)22(28)25(23(26)29)14-21(27)24-20-9-5-7-17-6-3-4-8-19(17)20/h3-4,6,8,10-13,16,20H,5,7,9,14H2,1-2H3,(H,24,27)/t16-,20-/m0/s1. The van der Waals surface area contributed by atoms with E-state index in [2.05, 4.69) is 11.4 Å². The highest BCUT2D eigenvalue weighted by Crippen LogP contribution is 2.30. The lowest BCUT2D eigenvalue weighted by molar-refractivity contribution is -0.132. The van der Waals surface area contributed by atoms with Gasteiger partial charge in [0.05, 0.1) is 6.04 Å². The highest BCUT2D eigenvalue weighted by Gasteiger charge is 2.44. The van der Waals surface area contributed by atoms with Crippen LogP contribution in [0.2, 0.25) is 0 Å². The van der Waals surface area contributed by atoms with Crippen molar-refractivity contribution in [3.8, 4) is 0 Å². The van der Waals surface area contributed by atoms with E-state index in [1.54, 1.807) is 6.92 Å². The molecule has 1 aliphatic heterocycles. The fraction of sp³-hybridized carbons (Fsp3) is 0.348. The Kier molecular flexibility index (Phi) is 5.09. The van der Waals surface area contributed by atoms with Gasteiger partial charge in [-0.2, -0.15) is 0 Å². The molecule has 0 spiro atoms. The van der Waals surface area contributed by atoms with Crippen LogP contribution in [0.5, 0.6) is 0 Å². The van der Waals surface area contributed by atoms with Crippen molar-refractivity contribution in [2.24, 2.45) is 0 Å². The summed E-state index contributed by atoms with van der Waals surface area (Å²) in [5.74, 6) is -0.666. The van der Waals surface area contributed by atoms with Gasteiger partial charge in [0.25, 0.3) is 5.91 Å². The summed E-state index contributed by atoms with van der Waals surface area (Å²) in [6.45, 7) is 3.39. The molecule has 4 amide bonds. The average Bonchev–Trinajstić information content (AvgIpc) is 2.92. The number of anilines is 1. The Morgan fingerprint density at radius 2 is 1.83 bits per heavy atom. The Morgan fingerprint density at radius 1 is 1.10 bits per heavy atom. The van der Waals surface area contributed by atoms with Gasteiger partial charge in [0.15, 0.2) is 0 Å². The molecule has 2 aromatic rings. The zero-order chi connectivity index (χ0) is 20.5. The van der Waals surface area contributed by atoms with Crippen LogP contribution in [-0.4, -0.2) is 35.3 Å². The molecule has 1 aliphatic carbocycles. The van der Waals surface area contributed by atoms with E-state index < -0.39 is 12.1 Å². The third-order valence-electron chi connectivity index (χ3n) is 5.77. The molecule has 2 aromatic carbocycles. The van der Waals surface area contributed by atoms with Gasteiger partial charge in [-0.1, -0.05) is 42.0 Å². The molecular weight excluding hydrogens is 366 g/mol. The maximum absolute atomic E-state index is 12.9. The van der Waals surface area contributed by atoms with Crippen LogP contribution in [0.15, 0.2) is 48.5 Å². The fourth-order valence-electron chi connectivity index (χ4n) is 4.20. The number of rotatable bonds is 4. The number of hydrogen-bond donors (Lipinski definition) is 1. The summed E-state index contributed by atoms with van der Waals surface area (Å²) in [5, 5.41) is 3.02. The van der Waals surface area contributed by atoms with Crippen molar-refractivity contribution in [1.29, 1.82) is 0 Å². The molecule has 0 saturated carbocycles. The van der Waals surface area contributed by atoms with Gasteiger partial charge < -0.3 is 5.32 Å². The van der Waals surface area contributed by atoms with Crippen molar-refractivity contribution in [2.45, 2.75) is 45.2 Å². The number of aryl methyl sites for hydroxylation is 2. The van der Waals surface area contributed by atoms with E-state index in [4.69, 9.17) is 0 Å². The summed E-state index contributed by atoms with van der Waals surface area (Å²) in [7, 11) is 0. The summed E-state index contributed by atoms with van der Waals surface area (Å²) in [6.07, 6.45) is 2.87. The lowest BCUT2D eigenvalue weighted by Gasteiger charge is -2.27. The summed E-state index contributed by atoms with van der Waals surface area (Å²) >= 11 is 0.